The van der Waals surface area contributed by atoms with Crippen molar-refractivity contribution < 1.29 is 94.6 Å². The van der Waals surface area contributed by atoms with Crippen molar-refractivity contribution in [2.75, 3.05) is 82.9 Å². The number of carbonyl (C=O) groups excluding carboxylic acids is 3. The van der Waals surface area contributed by atoms with Crippen LogP contribution < -0.4 is 4.90 Å². The van der Waals surface area contributed by atoms with E-state index in [2.05, 4.69) is 0 Å². The van der Waals surface area contributed by atoms with Gasteiger partial charge in [0, 0.05) is 61.0 Å². The third kappa shape index (κ3) is 15.4. The molecule has 27 heteroatoms. The maximum Gasteiger partial charge on any atom is 0.335 e. The van der Waals surface area contributed by atoms with Crippen LogP contribution in [0.3, 0.4) is 0 Å². The first-order chi connectivity index (χ1) is 33.7. The molecule has 3 heterocycles. The molecule has 0 aromatic heterocycles. The first kappa shape index (κ1) is 58.1. The fraction of sp³-hybridized carbons (Fsp3) is 0.511. The number of allylic oxidation sites excluding steroid dienone is 6. The Bertz CT molecular complexity index is 2920. The lowest BCUT2D eigenvalue weighted by Crippen LogP contribution is -2.32. The number of hydrogen-bond acceptors (Lipinski definition) is 17. The minimum Gasteiger partial charge on any atom is -0.383 e. The second kappa shape index (κ2) is 24.5. The van der Waals surface area contributed by atoms with Gasteiger partial charge in [-0.25, -0.2) is 4.79 Å². The number of rotatable bonds is 29. The van der Waals surface area contributed by atoms with Gasteiger partial charge in [-0.3, -0.25) is 27.8 Å². The summed E-state index contributed by atoms with van der Waals surface area (Å²) in [4.78, 5) is 41.1. The van der Waals surface area contributed by atoms with E-state index in [0.29, 0.717) is 39.0 Å². The summed E-state index contributed by atoms with van der Waals surface area (Å²) in [6, 6.07) is 8.16. The molecule has 0 bridgehead atoms. The number of ether oxygens (including phenoxy) is 4. The van der Waals surface area contributed by atoms with Crippen LogP contribution in [-0.4, -0.2) is 163 Å². The zero-order valence-electron chi connectivity index (χ0n) is 39.9. The molecule has 0 radical (unpaired) electrons. The normalized spacial score (nSPS) is 20.2. The first-order valence-electron chi connectivity index (χ1n) is 22.6. The van der Waals surface area contributed by atoms with Crippen molar-refractivity contribution in [2.45, 2.75) is 79.4 Å². The molecule has 0 aliphatic carbocycles. The maximum atomic E-state index is 12.4. The average Bonchev–Trinajstić information content (AvgIpc) is 3.81. The lowest BCUT2D eigenvalue weighted by Gasteiger charge is -2.30. The van der Waals surface area contributed by atoms with Gasteiger partial charge in [0.05, 0.1) is 72.8 Å². The van der Waals surface area contributed by atoms with E-state index in [1.165, 1.54) is 43.5 Å². The molecule has 2 amide bonds. The first-order valence-corrected chi connectivity index (χ1v) is 28.7. The highest BCUT2D eigenvalue weighted by Crippen LogP contribution is 2.51. The number of carbonyl (C=O) groups is 3. The highest BCUT2D eigenvalue weighted by atomic mass is 32.2. The lowest BCUT2D eigenvalue weighted by molar-refractivity contribution is -0.442. The summed E-state index contributed by atoms with van der Waals surface area (Å²) in [5.41, 5.74) is 1.06. The van der Waals surface area contributed by atoms with Crippen LogP contribution in [0.4, 0.5) is 11.4 Å². The summed E-state index contributed by atoms with van der Waals surface area (Å²) in [5, 5.41) is 0.458. The topological polar surface area (TPSA) is 324 Å². The number of hydrogen-bond donors (Lipinski definition) is 4. The highest BCUT2D eigenvalue weighted by Gasteiger charge is 2.48. The molecule has 1 saturated heterocycles. The number of amides is 2. The summed E-state index contributed by atoms with van der Waals surface area (Å²) in [5.74, 6) is -3.14. The monoisotopic (exact) mass is 1090 g/mol. The SMILES string of the molecule is COCCN1C(=CC=CC=CC2=[N+](CCOCCOCCOCCC(=O)ON3C(=O)CCC3=O)c3ccc(S(=O)(=O)O)cc3C2(C)CCCS(=O)(=O)O)C(C)(CCCS(=O)(=O)O)c2cc(S(=O)(=O)O)ccc21. The van der Waals surface area contributed by atoms with Gasteiger partial charge in [-0.15, -0.1) is 5.06 Å². The highest BCUT2D eigenvalue weighted by molar-refractivity contribution is 7.86. The molecule has 2 aromatic carbocycles. The second-order valence-corrected chi connectivity index (χ2v) is 23.3. The summed E-state index contributed by atoms with van der Waals surface area (Å²) in [7, 11) is -16.6. The van der Waals surface area contributed by atoms with Crippen molar-refractivity contribution in [2.24, 2.45) is 0 Å². The number of methoxy groups -OCH3 is 1. The van der Waals surface area contributed by atoms with Gasteiger partial charge in [-0.05, 0) is 81.5 Å². The van der Waals surface area contributed by atoms with Gasteiger partial charge in [-0.1, -0.05) is 18.2 Å². The maximum absolute atomic E-state index is 12.4. The molecule has 0 saturated carbocycles. The molecular formula is C45H60N3O20S4+. The van der Waals surface area contributed by atoms with Crippen LogP contribution in [0.1, 0.15) is 69.9 Å². The molecule has 2 unspecified atom stereocenters. The van der Waals surface area contributed by atoms with E-state index in [9.17, 15) is 66.3 Å². The molecule has 23 nitrogen and oxygen atoms in total. The number of hydroxylamine groups is 2. The van der Waals surface area contributed by atoms with Crippen molar-refractivity contribution in [3.8, 4) is 0 Å². The molecule has 3 aliphatic heterocycles. The lowest BCUT2D eigenvalue weighted by atomic mass is 9.76. The Kier molecular flexibility index (Phi) is 19.8. The molecule has 2 aromatic rings. The summed E-state index contributed by atoms with van der Waals surface area (Å²) in [6.45, 7) is 4.88. The number of benzene rings is 2. The summed E-state index contributed by atoms with van der Waals surface area (Å²) >= 11 is 0. The predicted octanol–water partition coefficient (Wildman–Crippen LogP) is 3.34. The van der Waals surface area contributed by atoms with Crippen molar-refractivity contribution in [3.05, 3.63) is 83.6 Å². The molecule has 0 spiro atoms. The van der Waals surface area contributed by atoms with Gasteiger partial charge >= 0.3 is 5.97 Å². The van der Waals surface area contributed by atoms with Crippen LogP contribution in [-0.2, 0) is 89.5 Å². The largest absolute Gasteiger partial charge is 0.383 e. The quantitative estimate of drug-likeness (QED) is 0.0298. The number of fused-ring (bicyclic) bond motifs is 2. The molecule has 2 atom stereocenters. The zero-order chi connectivity index (χ0) is 53.1. The standard InChI is InChI=1S/C45H59N3O20S4/c1-44(18-7-29-69(52,53)54)35-31-33(71(58,59)60)11-13-37(35)46(20-23-64-3)39(44)9-5-4-6-10-40-45(2,19-8-30-70(55,56)57)36-32-34(72(61,62)63)12-14-38(36)47(40)21-24-66-26-28-67-27-25-65-22-17-43(51)68-48-41(49)15-16-42(48)50/h4-6,9-14,31-32H,7-8,15-30H2,1-3H3,(H3-,52,53,54,55,56,57,58,59,60,61,62,63)/p+1. The summed E-state index contributed by atoms with van der Waals surface area (Å²) in [6.07, 6.45) is 8.44. The van der Waals surface area contributed by atoms with E-state index in [1.807, 2.05) is 9.48 Å². The Morgan fingerprint density at radius 2 is 1.24 bits per heavy atom. The van der Waals surface area contributed by atoms with Crippen molar-refractivity contribution >= 4 is 75.3 Å². The zero-order valence-corrected chi connectivity index (χ0v) is 43.1. The van der Waals surface area contributed by atoms with E-state index in [4.69, 9.17) is 23.8 Å². The molecule has 72 heavy (non-hydrogen) atoms. The molecule has 5 rings (SSSR count). The van der Waals surface area contributed by atoms with Crippen LogP contribution >= 0.6 is 0 Å². The Balaban J connectivity index is 1.37. The summed E-state index contributed by atoms with van der Waals surface area (Å²) < 4.78 is 160. The van der Waals surface area contributed by atoms with Crippen molar-refractivity contribution in [3.63, 3.8) is 0 Å². The van der Waals surface area contributed by atoms with Gasteiger partial charge in [0.1, 0.15) is 6.61 Å². The van der Waals surface area contributed by atoms with Crippen LogP contribution in [0, 0.1) is 0 Å². The van der Waals surface area contributed by atoms with Gasteiger partial charge in [0.25, 0.3) is 52.3 Å². The van der Waals surface area contributed by atoms with Crippen LogP contribution in [0.25, 0.3) is 0 Å². The smallest absolute Gasteiger partial charge is 0.335 e. The van der Waals surface area contributed by atoms with E-state index in [-0.39, 0.29) is 109 Å². The number of anilines is 1. The molecule has 1 fully saturated rings. The van der Waals surface area contributed by atoms with Crippen LogP contribution in [0.2, 0.25) is 0 Å². The Morgan fingerprint density at radius 3 is 1.81 bits per heavy atom. The van der Waals surface area contributed by atoms with Crippen LogP contribution in [0.5, 0.6) is 0 Å². The van der Waals surface area contributed by atoms with Gasteiger partial charge < -0.3 is 28.7 Å². The van der Waals surface area contributed by atoms with Gasteiger partial charge in [0.2, 0.25) is 5.69 Å². The van der Waals surface area contributed by atoms with E-state index < -0.39 is 85.5 Å². The Labute approximate surface area is 419 Å². The fourth-order valence-electron chi connectivity index (χ4n) is 8.81. The average molecular weight is 1090 g/mol. The molecule has 398 valence electrons. The molecule has 4 N–H and O–H groups in total. The molecule has 3 aliphatic rings. The van der Waals surface area contributed by atoms with E-state index in [1.54, 1.807) is 44.2 Å². The third-order valence-corrected chi connectivity index (χ3v) is 15.6. The predicted molar refractivity (Wildman–Crippen MR) is 258 cm³/mol. The second-order valence-electron chi connectivity index (χ2n) is 17.4. The third-order valence-electron chi connectivity index (χ3n) is 12.3. The minimum absolute atomic E-state index is 0.0160. The van der Waals surface area contributed by atoms with Gasteiger partial charge in [-0.2, -0.15) is 38.2 Å². The van der Waals surface area contributed by atoms with E-state index >= 15 is 0 Å². The van der Waals surface area contributed by atoms with Gasteiger partial charge in [0.15, 0.2) is 12.3 Å². The minimum atomic E-state index is -4.69. The Hall–Kier alpha value is -4.78. The number of nitrogens with zero attached hydrogens (tertiary/aromatic N) is 3. The van der Waals surface area contributed by atoms with Crippen molar-refractivity contribution in [1.82, 2.24) is 5.06 Å². The molecular weight excluding hydrogens is 1030 g/mol. The fourth-order valence-corrected chi connectivity index (χ4v) is 10.8. The van der Waals surface area contributed by atoms with Crippen LogP contribution in [0.15, 0.2) is 82.3 Å². The number of imide groups is 1. The Morgan fingerprint density at radius 1 is 0.694 bits per heavy atom. The van der Waals surface area contributed by atoms with Crippen molar-refractivity contribution in [1.29, 1.82) is 0 Å². The van der Waals surface area contributed by atoms with E-state index in [0.717, 1.165) is 0 Å².